The molecule has 1 aromatic rings. The molecule has 0 saturated carbocycles. The zero-order valence-electron chi connectivity index (χ0n) is 6.16. The summed E-state index contributed by atoms with van der Waals surface area (Å²) in [6.07, 6.45) is 1.44. The van der Waals surface area contributed by atoms with E-state index >= 15 is 0 Å². The first-order valence-corrected chi connectivity index (χ1v) is 4.91. The number of hydrogen-bond acceptors (Lipinski definition) is 3. The molecular formula is C6H9N2O3P. The van der Waals surface area contributed by atoms with Crippen LogP contribution in [0, 0.1) is 0 Å². The van der Waals surface area contributed by atoms with E-state index in [-0.39, 0.29) is 5.69 Å². The number of nitrogens with two attached hydrogens (primary N) is 1. The molecule has 12 heavy (non-hydrogen) atoms. The predicted molar refractivity (Wildman–Crippen MR) is 43.2 cm³/mol. The van der Waals surface area contributed by atoms with Gasteiger partial charge in [0.15, 0.2) is 5.78 Å². The van der Waals surface area contributed by atoms with Crippen molar-refractivity contribution in [1.82, 2.24) is 4.98 Å². The molecule has 6 heteroatoms. The van der Waals surface area contributed by atoms with Crippen molar-refractivity contribution in [2.45, 2.75) is 5.78 Å². The highest BCUT2D eigenvalue weighted by Crippen LogP contribution is 2.47. The normalized spacial score (nSPS) is 14.2. The molecule has 66 valence electrons. The number of rotatable bonds is 2. The molecule has 1 heterocycles. The largest absolute Gasteiger partial charge is 0.348 e. The SMILES string of the molecule is NC(c1ccccn1)P(=O)(O)O. The van der Waals surface area contributed by atoms with Gasteiger partial charge in [0.05, 0.1) is 5.69 Å². The van der Waals surface area contributed by atoms with Crippen LogP contribution < -0.4 is 5.73 Å². The van der Waals surface area contributed by atoms with Crippen LogP contribution in [-0.4, -0.2) is 14.8 Å². The van der Waals surface area contributed by atoms with Gasteiger partial charge in [0.2, 0.25) is 0 Å². The first-order valence-electron chi connectivity index (χ1n) is 3.23. The summed E-state index contributed by atoms with van der Waals surface area (Å²) in [5, 5.41) is 0. The van der Waals surface area contributed by atoms with Crippen molar-refractivity contribution in [3.8, 4) is 0 Å². The van der Waals surface area contributed by atoms with Crippen LogP contribution in [0.15, 0.2) is 24.4 Å². The molecule has 0 spiro atoms. The van der Waals surface area contributed by atoms with Crippen LogP contribution in [0.25, 0.3) is 0 Å². The number of nitrogens with zero attached hydrogens (tertiary/aromatic N) is 1. The fourth-order valence-corrected chi connectivity index (χ4v) is 1.22. The average molecular weight is 188 g/mol. The Balaban J connectivity index is 2.94. The summed E-state index contributed by atoms with van der Waals surface area (Å²) in [4.78, 5) is 21.1. The maximum atomic E-state index is 10.7. The maximum Gasteiger partial charge on any atom is 0.348 e. The Morgan fingerprint density at radius 1 is 1.50 bits per heavy atom. The predicted octanol–water partition coefficient (Wildman–Crippen LogP) is 0.217. The van der Waals surface area contributed by atoms with Gasteiger partial charge in [0.1, 0.15) is 0 Å². The lowest BCUT2D eigenvalue weighted by Crippen LogP contribution is -2.11. The average Bonchev–Trinajstić information content (AvgIpc) is 2.03. The second-order valence-electron chi connectivity index (χ2n) is 2.29. The van der Waals surface area contributed by atoms with Gasteiger partial charge >= 0.3 is 7.60 Å². The maximum absolute atomic E-state index is 10.7. The molecule has 0 aromatic carbocycles. The second-order valence-corrected chi connectivity index (χ2v) is 4.02. The van der Waals surface area contributed by atoms with Gasteiger partial charge in [-0.3, -0.25) is 9.55 Å². The molecule has 0 aliphatic heterocycles. The van der Waals surface area contributed by atoms with Crippen molar-refractivity contribution in [2.75, 3.05) is 0 Å². The van der Waals surface area contributed by atoms with Gasteiger partial charge in [-0.05, 0) is 12.1 Å². The Morgan fingerprint density at radius 2 is 2.17 bits per heavy atom. The molecule has 1 atom stereocenters. The second kappa shape index (κ2) is 3.33. The standard InChI is InChI=1S/C6H9N2O3P/c7-6(12(9,10)11)5-3-1-2-4-8-5/h1-4,6H,7H2,(H2,9,10,11). The van der Waals surface area contributed by atoms with Gasteiger partial charge in [0, 0.05) is 6.20 Å². The van der Waals surface area contributed by atoms with Crippen molar-refractivity contribution in [3.63, 3.8) is 0 Å². The fourth-order valence-electron chi connectivity index (χ4n) is 0.723. The molecule has 5 nitrogen and oxygen atoms in total. The van der Waals surface area contributed by atoms with E-state index in [0.29, 0.717) is 0 Å². The lowest BCUT2D eigenvalue weighted by atomic mass is 10.3. The van der Waals surface area contributed by atoms with Gasteiger partial charge in [0.25, 0.3) is 0 Å². The molecule has 1 unspecified atom stereocenters. The van der Waals surface area contributed by atoms with Gasteiger partial charge in [-0.25, -0.2) is 0 Å². The van der Waals surface area contributed by atoms with Gasteiger partial charge < -0.3 is 15.5 Å². The van der Waals surface area contributed by atoms with Crippen LogP contribution in [0.3, 0.4) is 0 Å². The summed E-state index contributed by atoms with van der Waals surface area (Å²) in [6, 6.07) is 4.75. The molecule has 0 bridgehead atoms. The lowest BCUT2D eigenvalue weighted by Gasteiger charge is -2.11. The molecule has 0 aliphatic rings. The summed E-state index contributed by atoms with van der Waals surface area (Å²) >= 11 is 0. The summed E-state index contributed by atoms with van der Waals surface area (Å²) < 4.78 is 10.7. The van der Waals surface area contributed by atoms with E-state index in [0.717, 1.165) is 0 Å². The molecular weight excluding hydrogens is 179 g/mol. The Hall–Kier alpha value is -0.740. The van der Waals surface area contributed by atoms with Crippen molar-refractivity contribution in [3.05, 3.63) is 30.1 Å². The quantitative estimate of drug-likeness (QED) is 0.576. The van der Waals surface area contributed by atoms with E-state index < -0.39 is 13.4 Å². The third kappa shape index (κ3) is 2.12. The number of hydrogen-bond donors (Lipinski definition) is 3. The number of pyridine rings is 1. The molecule has 0 amide bonds. The minimum atomic E-state index is -4.26. The van der Waals surface area contributed by atoms with Crippen LogP contribution in [0.2, 0.25) is 0 Å². The van der Waals surface area contributed by atoms with E-state index in [1.807, 2.05) is 0 Å². The lowest BCUT2D eigenvalue weighted by molar-refractivity contribution is 0.358. The zero-order valence-corrected chi connectivity index (χ0v) is 7.06. The summed E-state index contributed by atoms with van der Waals surface area (Å²) in [6.45, 7) is 0. The van der Waals surface area contributed by atoms with Crippen molar-refractivity contribution < 1.29 is 14.4 Å². The van der Waals surface area contributed by atoms with E-state index in [1.165, 1.54) is 12.3 Å². The molecule has 1 rings (SSSR count). The highest BCUT2D eigenvalue weighted by Gasteiger charge is 2.26. The fraction of sp³-hybridized carbons (Fsp3) is 0.167. The topological polar surface area (TPSA) is 96.4 Å². The Morgan fingerprint density at radius 3 is 2.58 bits per heavy atom. The van der Waals surface area contributed by atoms with E-state index in [4.69, 9.17) is 15.5 Å². The van der Waals surface area contributed by atoms with Crippen LogP contribution in [-0.2, 0) is 4.57 Å². The van der Waals surface area contributed by atoms with Crippen molar-refractivity contribution in [1.29, 1.82) is 0 Å². The van der Waals surface area contributed by atoms with Gasteiger partial charge in [-0.1, -0.05) is 6.07 Å². The van der Waals surface area contributed by atoms with E-state index in [2.05, 4.69) is 4.98 Å². The molecule has 0 fully saturated rings. The van der Waals surface area contributed by atoms with Crippen LogP contribution in [0.4, 0.5) is 0 Å². The Bertz CT molecular complexity index is 297. The summed E-state index contributed by atoms with van der Waals surface area (Å²) in [5.41, 5.74) is 5.45. The van der Waals surface area contributed by atoms with Gasteiger partial charge in [-0.2, -0.15) is 0 Å². The van der Waals surface area contributed by atoms with Crippen LogP contribution >= 0.6 is 7.60 Å². The minimum absolute atomic E-state index is 0.200. The highest BCUT2D eigenvalue weighted by molar-refractivity contribution is 7.52. The first-order chi connectivity index (χ1) is 5.52. The third-order valence-corrected chi connectivity index (χ3v) is 2.34. The van der Waals surface area contributed by atoms with E-state index in [1.54, 1.807) is 12.1 Å². The Labute approximate surface area is 69.4 Å². The molecule has 0 saturated heterocycles. The molecule has 4 N–H and O–H groups in total. The third-order valence-electron chi connectivity index (χ3n) is 1.35. The smallest absolute Gasteiger partial charge is 0.323 e. The molecule has 0 radical (unpaired) electrons. The van der Waals surface area contributed by atoms with Crippen molar-refractivity contribution in [2.24, 2.45) is 5.73 Å². The Kier molecular flexibility index (Phi) is 2.59. The van der Waals surface area contributed by atoms with Gasteiger partial charge in [-0.15, -0.1) is 0 Å². The first kappa shape index (κ1) is 9.35. The number of aromatic nitrogens is 1. The minimum Gasteiger partial charge on any atom is -0.323 e. The van der Waals surface area contributed by atoms with E-state index in [9.17, 15) is 4.57 Å². The monoisotopic (exact) mass is 188 g/mol. The van der Waals surface area contributed by atoms with Crippen molar-refractivity contribution >= 4 is 7.60 Å². The van der Waals surface area contributed by atoms with Crippen LogP contribution in [0.1, 0.15) is 11.5 Å². The molecule has 1 aromatic heterocycles. The molecule has 0 aliphatic carbocycles. The zero-order chi connectivity index (χ0) is 9.19. The highest BCUT2D eigenvalue weighted by atomic mass is 31.2. The van der Waals surface area contributed by atoms with Crippen LogP contribution in [0.5, 0.6) is 0 Å². The summed E-state index contributed by atoms with van der Waals surface area (Å²) in [7, 11) is -4.26. The summed E-state index contributed by atoms with van der Waals surface area (Å²) in [5.74, 6) is -1.32.